The molecule has 5 heterocycles. The monoisotopic (exact) mass is 515 g/mol. The molecule has 0 bridgehead atoms. The largest absolute Gasteiger partial charge is 0.478 e. The number of rotatable bonds is 4. The van der Waals surface area contributed by atoms with Crippen LogP contribution in [0.5, 0.6) is 0 Å². The second kappa shape index (κ2) is 10.6. The van der Waals surface area contributed by atoms with E-state index in [0.29, 0.717) is 5.56 Å². The van der Waals surface area contributed by atoms with Crippen LogP contribution in [0.4, 0.5) is 5.69 Å². The van der Waals surface area contributed by atoms with E-state index in [1.807, 2.05) is 24.3 Å². The van der Waals surface area contributed by atoms with Gasteiger partial charge in [-0.25, -0.2) is 4.79 Å². The molecule has 2 aromatic carbocycles. The first-order valence-electron chi connectivity index (χ1n) is 13.3. The number of benzene rings is 2. The minimum atomic E-state index is -1.13. The van der Waals surface area contributed by atoms with Crippen LogP contribution in [-0.2, 0) is 12.8 Å². The number of carbonyl (C=O) groups is 2. The van der Waals surface area contributed by atoms with E-state index in [1.54, 1.807) is 0 Å². The van der Waals surface area contributed by atoms with Crippen LogP contribution in [0.2, 0.25) is 0 Å². The lowest BCUT2D eigenvalue weighted by molar-refractivity contribution is 0.0692. The van der Waals surface area contributed by atoms with Gasteiger partial charge >= 0.3 is 5.97 Å². The number of aromatic nitrogens is 2. The minimum Gasteiger partial charge on any atom is -0.478 e. The van der Waals surface area contributed by atoms with E-state index < -0.39 is 5.97 Å². The van der Waals surface area contributed by atoms with E-state index >= 15 is 0 Å². The highest BCUT2D eigenvalue weighted by atomic mass is 16.4. The molecular weight excluding hydrogens is 486 g/mol. The molecule has 6 nitrogen and oxygen atoms in total. The van der Waals surface area contributed by atoms with Crippen molar-refractivity contribution in [2.45, 2.75) is 25.7 Å². The summed E-state index contributed by atoms with van der Waals surface area (Å²) in [4.78, 5) is 30.7. The zero-order valence-corrected chi connectivity index (χ0v) is 21.6. The third-order valence-corrected chi connectivity index (χ3v) is 7.46. The Balaban J connectivity index is 0.000000158. The standard InChI is InChI=1S/C19H18N2O3.C14H11N/c22-18(16-15(19(23)24)6-1-7-20-16)14-10-12-4-2-8-21-9-3-5-13(11-14)17(12)21;1-2-6-12(7-3-1)13-10-14-8-4-5-9-15(14)11-13/h1,6-7,10-11H,2-5,8-9H2,(H,23,24);1-11H. The zero-order valence-electron chi connectivity index (χ0n) is 21.6. The number of anilines is 1. The summed E-state index contributed by atoms with van der Waals surface area (Å²) < 4.78 is 2.14. The number of fused-ring (bicyclic) bond motifs is 1. The molecule has 194 valence electrons. The molecule has 39 heavy (non-hydrogen) atoms. The van der Waals surface area contributed by atoms with Gasteiger partial charge in [-0.05, 0) is 84.8 Å². The maximum absolute atomic E-state index is 12.9. The van der Waals surface area contributed by atoms with E-state index in [1.165, 1.54) is 51.8 Å². The number of hydrogen-bond donors (Lipinski definition) is 1. The van der Waals surface area contributed by atoms with Gasteiger partial charge in [-0.1, -0.05) is 36.4 Å². The van der Waals surface area contributed by atoms with Crippen LogP contribution in [0.1, 0.15) is 50.4 Å². The number of ketones is 1. The Hall–Kier alpha value is -4.71. The van der Waals surface area contributed by atoms with Crippen molar-refractivity contribution < 1.29 is 14.7 Å². The summed E-state index contributed by atoms with van der Waals surface area (Å²) in [6.07, 6.45) is 9.81. The van der Waals surface area contributed by atoms with Crippen LogP contribution in [0, 0.1) is 0 Å². The maximum atomic E-state index is 12.9. The van der Waals surface area contributed by atoms with Crippen LogP contribution in [-0.4, -0.2) is 39.3 Å². The summed E-state index contributed by atoms with van der Waals surface area (Å²) in [5.41, 5.74) is 7.98. The first-order chi connectivity index (χ1) is 19.1. The van der Waals surface area contributed by atoms with Gasteiger partial charge in [-0.15, -0.1) is 0 Å². The first kappa shape index (κ1) is 24.6. The number of aryl methyl sites for hydroxylation is 2. The smallest absolute Gasteiger partial charge is 0.338 e. The Bertz CT molecular complexity index is 1610. The van der Waals surface area contributed by atoms with Crippen LogP contribution < -0.4 is 4.90 Å². The predicted molar refractivity (Wildman–Crippen MR) is 153 cm³/mol. The second-order valence-electron chi connectivity index (χ2n) is 10.00. The fraction of sp³-hybridized carbons (Fsp3) is 0.182. The zero-order chi connectivity index (χ0) is 26.8. The third-order valence-electron chi connectivity index (χ3n) is 7.46. The molecule has 2 aliphatic rings. The molecule has 0 saturated heterocycles. The maximum Gasteiger partial charge on any atom is 0.338 e. The van der Waals surface area contributed by atoms with Crippen molar-refractivity contribution in [3.63, 3.8) is 0 Å². The molecule has 0 amide bonds. The van der Waals surface area contributed by atoms with Crippen LogP contribution in [0.15, 0.2) is 97.5 Å². The highest BCUT2D eigenvalue weighted by Gasteiger charge is 2.27. The van der Waals surface area contributed by atoms with Gasteiger partial charge in [0, 0.05) is 54.0 Å². The molecule has 0 radical (unpaired) electrons. The SMILES string of the molecule is O=C(O)c1cccnc1C(=O)c1cc2c3c(c1)CCCN3CCC2.c1ccc(-c2cc3ccccn3c2)cc1. The van der Waals surface area contributed by atoms with E-state index in [9.17, 15) is 14.7 Å². The topological polar surface area (TPSA) is 74.9 Å². The molecule has 1 N–H and O–H groups in total. The normalized spacial score (nSPS) is 13.8. The van der Waals surface area contributed by atoms with Crippen molar-refractivity contribution in [1.29, 1.82) is 0 Å². The number of hydrogen-bond acceptors (Lipinski definition) is 4. The number of carbonyl (C=O) groups excluding carboxylic acids is 1. The van der Waals surface area contributed by atoms with Gasteiger partial charge in [0.1, 0.15) is 5.69 Å². The number of nitrogens with zero attached hydrogens (tertiary/aromatic N) is 3. The number of carboxylic acid groups (broad SMARTS) is 1. The first-order valence-corrected chi connectivity index (χ1v) is 13.3. The lowest BCUT2D eigenvalue weighted by Gasteiger charge is -2.37. The fourth-order valence-electron chi connectivity index (χ4n) is 5.67. The average Bonchev–Trinajstić information content (AvgIpc) is 3.42. The molecular formula is C33H29N3O3. The average molecular weight is 516 g/mol. The molecule has 0 unspecified atom stereocenters. The molecule has 5 aromatic rings. The fourth-order valence-corrected chi connectivity index (χ4v) is 5.67. The quantitative estimate of drug-likeness (QED) is 0.284. The van der Waals surface area contributed by atoms with Crippen molar-refractivity contribution in [3.8, 4) is 11.1 Å². The molecule has 0 aliphatic carbocycles. The molecule has 3 aromatic heterocycles. The molecule has 0 saturated carbocycles. The Morgan fingerprint density at radius 1 is 0.795 bits per heavy atom. The highest BCUT2D eigenvalue weighted by Crippen LogP contribution is 2.36. The van der Waals surface area contributed by atoms with Crippen LogP contribution in [0.25, 0.3) is 16.6 Å². The van der Waals surface area contributed by atoms with Crippen molar-refractivity contribution in [1.82, 2.24) is 9.38 Å². The van der Waals surface area contributed by atoms with Crippen molar-refractivity contribution in [3.05, 3.63) is 125 Å². The van der Waals surface area contributed by atoms with E-state index in [4.69, 9.17) is 0 Å². The number of aromatic carboxylic acids is 1. The molecule has 2 aliphatic heterocycles. The van der Waals surface area contributed by atoms with Gasteiger partial charge in [0.05, 0.1) is 5.56 Å². The van der Waals surface area contributed by atoms with Crippen molar-refractivity contribution in [2.24, 2.45) is 0 Å². The Labute approximate surface area is 227 Å². The van der Waals surface area contributed by atoms with Gasteiger partial charge < -0.3 is 14.4 Å². The Morgan fingerprint density at radius 2 is 1.51 bits per heavy atom. The van der Waals surface area contributed by atoms with Crippen LogP contribution >= 0.6 is 0 Å². The minimum absolute atomic E-state index is 0.0145. The van der Waals surface area contributed by atoms with Gasteiger partial charge in [-0.2, -0.15) is 0 Å². The summed E-state index contributed by atoms with van der Waals surface area (Å²) in [7, 11) is 0. The van der Waals surface area contributed by atoms with Gasteiger partial charge in [0.25, 0.3) is 0 Å². The molecule has 6 heteroatoms. The van der Waals surface area contributed by atoms with Crippen molar-refractivity contribution in [2.75, 3.05) is 18.0 Å². The molecule has 0 fully saturated rings. The Morgan fingerprint density at radius 3 is 2.21 bits per heavy atom. The molecule has 7 rings (SSSR count). The highest BCUT2D eigenvalue weighted by molar-refractivity contribution is 6.13. The van der Waals surface area contributed by atoms with Gasteiger partial charge in [-0.3, -0.25) is 9.78 Å². The third kappa shape index (κ3) is 4.93. The molecule has 0 atom stereocenters. The number of pyridine rings is 2. The van der Waals surface area contributed by atoms with Gasteiger partial charge in [0.2, 0.25) is 5.78 Å². The lowest BCUT2D eigenvalue weighted by atomic mass is 9.88. The van der Waals surface area contributed by atoms with Crippen LogP contribution in [0.3, 0.4) is 0 Å². The molecule has 0 spiro atoms. The predicted octanol–water partition coefficient (Wildman–Crippen LogP) is 6.32. The summed E-state index contributed by atoms with van der Waals surface area (Å²) in [6.45, 7) is 2.16. The van der Waals surface area contributed by atoms with Crippen molar-refractivity contribution >= 4 is 23.0 Å². The van der Waals surface area contributed by atoms with E-state index in [2.05, 4.69) is 69.1 Å². The summed E-state index contributed by atoms with van der Waals surface area (Å²) in [5.74, 6) is -1.44. The summed E-state index contributed by atoms with van der Waals surface area (Å²) in [6, 6.07) is 25.7. The lowest BCUT2D eigenvalue weighted by Crippen LogP contribution is -2.34. The Kier molecular flexibility index (Phi) is 6.68. The summed E-state index contributed by atoms with van der Waals surface area (Å²) >= 11 is 0. The van der Waals surface area contributed by atoms with Gasteiger partial charge in [0.15, 0.2) is 0 Å². The second-order valence-corrected chi connectivity index (χ2v) is 10.00. The van der Waals surface area contributed by atoms with E-state index in [0.717, 1.165) is 38.8 Å². The summed E-state index contributed by atoms with van der Waals surface area (Å²) in [5, 5.41) is 9.30. The van der Waals surface area contributed by atoms with E-state index in [-0.39, 0.29) is 17.0 Å². The number of carboxylic acids is 1.